The smallest absolute Gasteiger partial charge is 0.293 e. The monoisotopic (exact) mass is 426 g/mol. The molecule has 3 heterocycles. The molecule has 0 atom stereocenters. The van der Waals surface area contributed by atoms with Crippen LogP contribution in [0.3, 0.4) is 0 Å². The summed E-state index contributed by atoms with van der Waals surface area (Å²) in [5, 5.41) is 23.1. The number of nitrogens with two attached hydrogens (primary N) is 1. The number of thioether (sulfide) groups is 1. The second-order valence-electron chi connectivity index (χ2n) is 5.63. The first-order valence-electron chi connectivity index (χ1n) is 8.29. The summed E-state index contributed by atoms with van der Waals surface area (Å²) in [7, 11) is 0. The number of carbonyl (C=O) groups is 1. The summed E-state index contributed by atoms with van der Waals surface area (Å²) in [5.41, 5.74) is 9.74. The van der Waals surface area contributed by atoms with Gasteiger partial charge in [0.2, 0.25) is 11.6 Å². The maximum absolute atomic E-state index is 12.6. The molecule has 1 aromatic carbocycles. The standard InChI is InChI=1S/C17H14N8O2S2/c18-15-16(23-27-22-15)25-13(10-29-12-4-2-1-3-5-12)14(20-24-25)17(26)21-19-8-11-6-7-28-9-11/h1-9H,10H2,(H2,18,22)(H,21,26)/b19-8+. The normalized spacial score (nSPS) is 11.2. The minimum absolute atomic E-state index is 0.0447. The predicted octanol–water partition coefficient (Wildman–Crippen LogP) is 2.35. The van der Waals surface area contributed by atoms with Gasteiger partial charge in [-0.05, 0) is 39.3 Å². The summed E-state index contributed by atoms with van der Waals surface area (Å²) in [4.78, 5) is 13.7. The van der Waals surface area contributed by atoms with Crippen LogP contribution in [0.2, 0.25) is 0 Å². The van der Waals surface area contributed by atoms with Gasteiger partial charge in [0, 0.05) is 16.2 Å². The zero-order valence-corrected chi connectivity index (χ0v) is 16.4. The van der Waals surface area contributed by atoms with Crippen LogP contribution in [-0.4, -0.2) is 37.4 Å². The van der Waals surface area contributed by atoms with Crippen molar-refractivity contribution in [2.75, 3.05) is 5.73 Å². The summed E-state index contributed by atoms with van der Waals surface area (Å²) in [6, 6.07) is 11.6. The van der Waals surface area contributed by atoms with Gasteiger partial charge in [0.05, 0.1) is 11.9 Å². The number of rotatable bonds is 7. The van der Waals surface area contributed by atoms with E-state index in [0.717, 1.165) is 10.5 Å². The van der Waals surface area contributed by atoms with Gasteiger partial charge in [-0.1, -0.05) is 23.4 Å². The van der Waals surface area contributed by atoms with Crippen LogP contribution >= 0.6 is 23.1 Å². The number of aromatic nitrogens is 5. The highest BCUT2D eigenvalue weighted by atomic mass is 32.2. The summed E-state index contributed by atoms with van der Waals surface area (Å²) < 4.78 is 6.00. The van der Waals surface area contributed by atoms with Gasteiger partial charge in [0.25, 0.3) is 5.91 Å². The fourth-order valence-corrected chi connectivity index (χ4v) is 3.87. The Balaban J connectivity index is 1.59. The van der Waals surface area contributed by atoms with E-state index in [-0.39, 0.29) is 17.3 Å². The topological polar surface area (TPSA) is 137 Å². The molecule has 10 nitrogen and oxygen atoms in total. The summed E-state index contributed by atoms with van der Waals surface area (Å²) in [5.74, 6) is 0.104. The second kappa shape index (κ2) is 8.67. The number of hydrazone groups is 1. The quantitative estimate of drug-likeness (QED) is 0.261. The van der Waals surface area contributed by atoms with Crippen LogP contribution in [0.15, 0.2) is 61.8 Å². The Labute approximate surface area is 172 Å². The van der Waals surface area contributed by atoms with Crippen molar-refractivity contribution in [1.29, 1.82) is 0 Å². The van der Waals surface area contributed by atoms with Crippen molar-refractivity contribution in [3.05, 3.63) is 64.1 Å². The molecule has 0 saturated heterocycles. The largest absolute Gasteiger partial charge is 0.378 e. The molecule has 0 spiro atoms. The van der Waals surface area contributed by atoms with Crippen molar-refractivity contribution in [3.8, 4) is 5.82 Å². The average Bonchev–Trinajstić information content (AvgIpc) is 3.48. The van der Waals surface area contributed by atoms with E-state index in [1.807, 2.05) is 47.2 Å². The van der Waals surface area contributed by atoms with Crippen LogP contribution in [0.25, 0.3) is 5.82 Å². The summed E-state index contributed by atoms with van der Waals surface area (Å²) in [6.45, 7) is 0. The van der Waals surface area contributed by atoms with E-state index in [2.05, 4.69) is 35.8 Å². The predicted molar refractivity (Wildman–Crippen MR) is 109 cm³/mol. The Kier molecular flexibility index (Phi) is 5.63. The van der Waals surface area contributed by atoms with E-state index in [1.165, 1.54) is 27.8 Å². The van der Waals surface area contributed by atoms with Gasteiger partial charge in [0.1, 0.15) is 0 Å². The number of anilines is 1. The Hall–Kier alpha value is -3.51. The number of nitrogen functional groups attached to an aromatic ring is 1. The van der Waals surface area contributed by atoms with E-state index in [9.17, 15) is 4.79 Å². The minimum atomic E-state index is -0.499. The lowest BCUT2D eigenvalue weighted by molar-refractivity contribution is 0.0949. The zero-order chi connectivity index (χ0) is 20.1. The number of hydrogen-bond acceptors (Lipinski definition) is 10. The Morgan fingerprint density at radius 1 is 1.31 bits per heavy atom. The molecular weight excluding hydrogens is 412 g/mol. The fraction of sp³-hybridized carbons (Fsp3) is 0.0588. The second-order valence-corrected chi connectivity index (χ2v) is 7.46. The van der Waals surface area contributed by atoms with Crippen molar-refractivity contribution in [2.45, 2.75) is 10.6 Å². The maximum Gasteiger partial charge on any atom is 0.293 e. The third-order valence-electron chi connectivity index (χ3n) is 3.72. The van der Waals surface area contributed by atoms with Crippen molar-refractivity contribution in [2.24, 2.45) is 5.10 Å². The Morgan fingerprint density at radius 3 is 2.90 bits per heavy atom. The lowest BCUT2D eigenvalue weighted by Crippen LogP contribution is -2.20. The first kappa shape index (κ1) is 18.8. The Bertz CT molecular complexity index is 1120. The molecule has 29 heavy (non-hydrogen) atoms. The van der Waals surface area contributed by atoms with Crippen molar-refractivity contribution in [1.82, 2.24) is 30.7 Å². The van der Waals surface area contributed by atoms with Crippen molar-refractivity contribution < 1.29 is 9.42 Å². The van der Waals surface area contributed by atoms with Gasteiger partial charge in [-0.3, -0.25) is 4.79 Å². The molecule has 0 aliphatic heterocycles. The molecule has 0 aliphatic rings. The average molecular weight is 426 g/mol. The van der Waals surface area contributed by atoms with Crippen molar-refractivity contribution >= 4 is 41.0 Å². The molecule has 0 saturated carbocycles. The highest BCUT2D eigenvalue weighted by molar-refractivity contribution is 7.98. The van der Waals surface area contributed by atoms with Crippen LogP contribution in [0.5, 0.6) is 0 Å². The lowest BCUT2D eigenvalue weighted by Gasteiger charge is -2.05. The van der Waals surface area contributed by atoms with Gasteiger partial charge in [-0.2, -0.15) is 21.1 Å². The number of nitrogens with one attached hydrogen (secondary N) is 1. The first-order valence-corrected chi connectivity index (χ1v) is 10.2. The molecule has 146 valence electrons. The number of hydrogen-bond donors (Lipinski definition) is 2. The highest BCUT2D eigenvalue weighted by Crippen LogP contribution is 2.25. The van der Waals surface area contributed by atoms with E-state index >= 15 is 0 Å². The SMILES string of the molecule is Nc1nonc1-n1nnc(C(=O)N/N=C/c2ccsc2)c1CSc1ccccc1. The molecule has 0 fully saturated rings. The van der Waals surface area contributed by atoms with E-state index < -0.39 is 5.91 Å². The number of carbonyl (C=O) groups excluding carboxylic acids is 1. The lowest BCUT2D eigenvalue weighted by atomic mass is 10.3. The molecule has 3 aromatic heterocycles. The third-order valence-corrected chi connectivity index (χ3v) is 5.44. The molecule has 3 N–H and O–H groups in total. The van der Waals surface area contributed by atoms with Crippen LogP contribution in [0.4, 0.5) is 5.82 Å². The molecule has 0 radical (unpaired) electrons. The van der Waals surface area contributed by atoms with Crippen LogP contribution in [0.1, 0.15) is 21.7 Å². The minimum Gasteiger partial charge on any atom is -0.378 e. The van der Waals surface area contributed by atoms with Gasteiger partial charge in [-0.25, -0.2) is 10.1 Å². The molecule has 4 rings (SSSR count). The Morgan fingerprint density at radius 2 is 2.17 bits per heavy atom. The van der Waals surface area contributed by atoms with E-state index in [4.69, 9.17) is 5.73 Å². The van der Waals surface area contributed by atoms with Crippen LogP contribution in [-0.2, 0) is 5.75 Å². The molecule has 12 heteroatoms. The van der Waals surface area contributed by atoms with Gasteiger partial charge >= 0.3 is 0 Å². The molecular formula is C17H14N8O2S2. The van der Waals surface area contributed by atoms with Gasteiger partial charge in [0.15, 0.2) is 5.69 Å². The van der Waals surface area contributed by atoms with E-state index in [1.54, 1.807) is 6.21 Å². The third kappa shape index (κ3) is 4.33. The molecule has 0 aliphatic carbocycles. The maximum atomic E-state index is 12.6. The van der Waals surface area contributed by atoms with E-state index in [0.29, 0.717) is 11.4 Å². The molecule has 0 bridgehead atoms. The highest BCUT2D eigenvalue weighted by Gasteiger charge is 2.23. The first-order chi connectivity index (χ1) is 14.2. The molecule has 4 aromatic rings. The summed E-state index contributed by atoms with van der Waals surface area (Å²) in [6.07, 6.45) is 1.55. The van der Waals surface area contributed by atoms with Crippen LogP contribution in [0, 0.1) is 0 Å². The molecule has 1 amide bonds. The van der Waals surface area contributed by atoms with Crippen molar-refractivity contribution in [3.63, 3.8) is 0 Å². The summed E-state index contributed by atoms with van der Waals surface area (Å²) >= 11 is 3.05. The number of amides is 1. The van der Waals surface area contributed by atoms with Gasteiger partial charge in [-0.15, -0.1) is 16.9 Å². The van der Waals surface area contributed by atoms with Gasteiger partial charge < -0.3 is 5.73 Å². The molecule has 0 unspecified atom stereocenters. The number of benzene rings is 1. The van der Waals surface area contributed by atoms with Crippen LogP contribution < -0.4 is 11.2 Å². The fourth-order valence-electron chi connectivity index (χ4n) is 2.35. The zero-order valence-electron chi connectivity index (χ0n) is 14.8. The number of nitrogens with zero attached hydrogens (tertiary/aromatic N) is 6. The number of thiophene rings is 1.